The molecule has 2 aliphatic rings. The van der Waals surface area contributed by atoms with Crippen LogP contribution in [0.2, 0.25) is 0 Å². The largest absolute Gasteiger partial charge is 0.299 e. The molecule has 2 unspecified atom stereocenters. The van der Waals surface area contributed by atoms with Crippen molar-refractivity contribution in [2.75, 3.05) is 0 Å². The van der Waals surface area contributed by atoms with E-state index in [9.17, 15) is 4.79 Å². The highest BCUT2D eigenvalue weighted by Crippen LogP contribution is 2.40. The third-order valence-corrected chi connectivity index (χ3v) is 5.06. The highest BCUT2D eigenvalue weighted by atomic mass is 16.1. The van der Waals surface area contributed by atoms with Crippen LogP contribution >= 0.6 is 0 Å². The SMILES string of the molecule is CC(C)C(=O)C1CC2CCC(C1)N2Cc1ccccc1. The van der Waals surface area contributed by atoms with Crippen molar-refractivity contribution in [2.45, 2.75) is 58.2 Å². The molecule has 0 saturated carbocycles. The summed E-state index contributed by atoms with van der Waals surface area (Å²) in [7, 11) is 0. The summed E-state index contributed by atoms with van der Waals surface area (Å²) in [5.41, 5.74) is 1.40. The third kappa shape index (κ3) is 2.67. The van der Waals surface area contributed by atoms with E-state index in [2.05, 4.69) is 35.2 Å². The Morgan fingerprint density at radius 3 is 2.30 bits per heavy atom. The molecular formula is C18H25NO. The Hall–Kier alpha value is -1.15. The van der Waals surface area contributed by atoms with Gasteiger partial charge in [0.2, 0.25) is 0 Å². The molecule has 2 bridgehead atoms. The van der Waals surface area contributed by atoms with Gasteiger partial charge in [0.25, 0.3) is 0 Å². The third-order valence-electron chi connectivity index (χ3n) is 5.06. The number of benzene rings is 1. The standard InChI is InChI=1S/C18H25NO/c1-13(2)18(20)15-10-16-8-9-17(11-15)19(16)12-14-6-4-3-5-7-14/h3-7,13,15-17H,8-12H2,1-2H3. The van der Waals surface area contributed by atoms with E-state index in [1.54, 1.807) is 0 Å². The number of ketones is 1. The summed E-state index contributed by atoms with van der Waals surface area (Å²) in [5, 5.41) is 0. The summed E-state index contributed by atoms with van der Waals surface area (Å²) >= 11 is 0. The molecule has 0 radical (unpaired) electrons. The average molecular weight is 271 g/mol. The van der Waals surface area contributed by atoms with Crippen LogP contribution < -0.4 is 0 Å². The Bertz CT molecular complexity index is 454. The first-order valence-electron chi connectivity index (χ1n) is 7.98. The lowest BCUT2D eigenvalue weighted by Crippen LogP contribution is -2.44. The monoisotopic (exact) mass is 271 g/mol. The second-order valence-electron chi connectivity index (χ2n) is 6.77. The van der Waals surface area contributed by atoms with E-state index in [4.69, 9.17) is 0 Å². The van der Waals surface area contributed by atoms with Crippen LogP contribution in [0.4, 0.5) is 0 Å². The summed E-state index contributed by atoms with van der Waals surface area (Å²) in [4.78, 5) is 14.9. The number of Topliss-reactive ketones (excluding diaryl/α,β-unsaturated/α-hetero) is 1. The number of carbonyl (C=O) groups excluding carboxylic acids is 1. The zero-order valence-corrected chi connectivity index (χ0v) is 12.6. The van der Waals surface area contributed by atoms with Crippen LogP contribution in [0.15, 0.2) is 30.3 Å². The lowest BCUT2D eigenvalue weighted by molar-refractivity contribution is -0.128. The summed E-state index contributed by atoms with van der Waals surface area (Å²) in [6, 6.07) is 12.0. The van der Waals surface area contributed by atoms with Crippen LogP contribution in [0.1, 0.15) is 45.1 Å². The van der Waals surface area contributed by atoms with Gasteiger partial charge in [0.05, 0.1) is 0 Å². The second-order valence-corrected chi connectivity index (χ2v) is 6.77. The number of nitrogens with zero attached hydrogens (tertiary/aromatic N) is 1. The number of rotatable bonds is 4. The highest BCUT2D eigenvalue weighted by molar-refractivity contribution is 5.83. The van der Waals surface area contributed by atoms with E-state index in [1.807, 2.05) is 13.8 Å². The molecule has 2 aliphatic heterocycles. The average Bonchev–Trinajstić information content (AvgIpc) is 2.70. The maximum absolute atomic E-state index is 12.3. The van der Waals surface area contributed by atoms with Gasteiger partial charge in [-0.2, -0.15) is 0 Å². The van der Waals surface area contributed by atoms with Crippen LogP contribution in [-0.2, 0) is 11.3 Å². The number of carbonyl (C=O) groups is 1. The Labute approximate surface area is 122 Å². The van der Waals surface area contributed by atoms with Gasteiger partial charge in [-0.25, -0.2) is 0 Å². The molecule has 1 aromatic carbocycles. The fourth-order valence-electron chi connectivity index (χ4n) is 4.03. The molecule has 2 atom stereocenters. The van der Waals surface area contributed by atoms with Gasteiger partial charge in [0.15, 0.2) is 0 Å². The molecule has 3 rings (SSSR count). The summed E-state index contributed by atoms with van der Waals surface area (Å²) < 4.78 is 0. The van der Waals surface area contributed by atoms with Gasteiger partial charge >= 0.3 is 0 Å². The number of piperidine rings is 1. The summed E-state index contributed by atoms with van der Waals surface area (Å²) in [6.07, 6.45) is 4.72. The molecular weight excluding hydrogens is 246 g/mol. The lowest BCUT2D eigenvalue weighted by atomic mass is 9.83. The van der Waals surface area contributed by atoms with Gasteiger partial charge in [-0.3, -0.25) is 9.69 Å². The van der Waals surface area contributed by atoms with E-state index >= 15 is 0 Å². The highest BCUT2D eigenvalue weighted by Gasteiger charge is 2.42. The fourth-order valence-corrected chi connectivity index (χ4v) is 4.03. The van der Waals surface area contributed by atoms with E-state index in [1.165, 1.54) is 18.4 Å². The second kappa shape index (κ2) is 5.69. The van der Waals surface area contributed by atoms with Crippen LogP contribution in [0.25, 0.3) is 0 Å². The van der Waals surface area contributed by atoms with Crippen LogP contribution in [0.3, 0.4) is 0 Å². The Morgan fingerprint density at radius 1 is 1.15 bits per heavy atom. The topological polar surface area (TPSA) is 20.3 Å². The van der Waals surface area contributed by atoms with Crippen molar-refractivity contribution in [3.05, 3.63) is 35.9 Å². The zero-order valence-electron chi connectivity index (χ0n) is 12.6. The van der Waals surface area contributed by atoms with Crippen molar-refractivity contribution in [1.29, 1.82) is 0 Å². The molecule has 2 heterocycles. The van der Waals surface area contributed by atoms with Gasteiger partial charge in [-0.1, -0.05) is 44.2 Å². The van der Waals surface area contributed by atoms with Crippen molar-refractivity contribution in [1.82, 2.24) is 4.90 Å². The Morgan fingerprint density at radius 2 is 1.75 bits per heavy atom. The predicted molar refractivity (Wildman–Crippen MR) is 81.4 cm³/mol. The number of hydrogen-bond acceptors (Lipinski definition) is 2. The van der Waals surface area contributed by atoms with Crippen LogP contribution in [0.5, 0.6) is 0 Å². The van der Waals surface area contributed by atoms with E-state index in [0.717, 1.165) is 19.4 Å². The van der Waals surface area contributed by atoms with Crippen molar-refractivity contribution in [3.63, 3.8) is 0 Å². The molecule has 0 N–H and O–H groups in total. The maximum atomic E-state index is 12.3. The van der Waals surface area contributed by atoms with E-state index in [0.29, 0.717) is 23.8 Å². The van der Waals surface area contributed by atoms with Gasteiger partial charge < -0.3 is 0 Å². The van der Waals surface area contributed by atoms with E-state index in [-0.39, 0.29) is 5.92 Å². The fraction of sp³-hybridized carbons (Fsp3) is 0.611. The van der Waals surface area contributed by atoms with Crippen molar-refractivity contribution in [2.24, 2.45) is 11.8 Å². The molecule has 20 heavy (non-hydrogen) atoms. The first-order valence-corrected chi connectivity index (χ1v) is 7.98. The molecule has 0 spiro atoms. The number of hydrogen-bond donors (Lipinski definition) is 0. The van der Waals surface area contributed by atoms with Crippen molar-refractivity contribution >= 4 is 5.78 Å². The molecule has 1 aromatic rings. The molecule has 0 amide bonds. The summed E-state index contributed by atoms with van der Waals surface area (Å²) in [5.74, 6) is 1.00. The normalized spacial score (nSPS) is 29.9. The zero-order chi connectivity index (χ0) is 14.1. The first-order chi connectivity index (χ1) is 9.65. The molecule has 2 heteroatoms. The Balaban J connectivity index is 1.68. The minimum absolute atomic E-state index is 0.195. The first kappa shape index (κ1) is 13.8. The maximum Gasteiger partial charge on any atom is 0.138 e. The Kier molecular flexibility index (Phi) is 3.93. The molecule has 2 nitrogen and oxygen atoms in total. The molecule has 0 aromatic heterocycles. The van der Waals surface area contributed by atoms with Crippen molar-refractivity contribution < 1.29 is 4.79 Å². The van der Waals surface area contributed by atoms with Crippen LogP contribution in [0, 0.1) is 11.8 Å². The van der Waals surface area contributed by atoms with Gasteiger partial charge in [0.1, 0.15) is 5.78 Å². The molecule has 2 saturated heterocycles. The molecule has 108 valence electrons. The quantitative estimate of drug-likeness (QED) is 0.833. The minimum Gasteiger partial charge on any atom is -0.299 e. The smallest absolute Gasteiger partial charge is 0.138 e. The predicted octanol–water partition coefficient (Wildman–Crippen LogP) is 3.65. The van der Waals surface area contributed by atoms with Gasteiger partial charge in [-0.05, 0) is 31.2 Å². The van der Waals surface area contributed by atoms with Crippen molar-refractivity contribution in [3.8, 4) is 0 Å². The molecule has 2 fully saturated rings. The van der Waals surface area contributed by atoms with Gasteiger partial charge in [0, 0.05) is 30.5 Å². The number of fused-ring (bicyclic) bond motifs is 2. The molecule has 0 aliphatic carbocycles. The summed E-state index contributed by atoms with van der Waals surface area (Å²) in [6.45, 7) is 5.14. The minimum atomic E-state index is 0.195. The lowest BCUT2D eigenvalue weighted by Gasteiger charge is -2.39. The van der Waals surface area contributed by atoms with Crippen LogP contribution in [-0.4, -0.2) is 22.8 Å². The van der Waals surface area contributed by atoms with E-state index < -0.39 is 0 Å². The van der Waals surface area contributed by atoms with Gasteiger partial charge in [-0.15, -0.1) is 0 Å².